The number of rotatable bonds is 2. The summed E-state index contributed by atoms with van der Waals surface area (Å²) in [4.78, 5) is 0. The van der Waals surface area contributed by atoms with Gasteiger partial charge >= 0.3 is 0 Å². The molecule has 1 N–H and O–H groups in total. The maximum absolute atomic E-state index is 3.64. The van der Waals surface area contributed by atoms with E-state index in [2.05, 4.69) is 43.4 Å². The van der Waals surface area contributed by atoms with Crippen LogP contribution in [0.15, 0.2) is 24.3 Å². The summed E-state index contributed by atoms with van der Waals surface area (Å²) in [6.07, 6.45) is 3.86. The lowest BCUT2D eigenvalue weighted by Gasteiger charge is -2.28. The summed E-state index contributed by atoms with van der Waals surface area (Å²) < 4.78 is 0. The molecular weight excluding hydrogens is 170 g/mol. The van der Waals surface area contributed by atoms with E-state index in [1.807, 2.05) is 0 Å². The summed E-state index contributed by atoms with van der Waals surface area (Å²) in [5, 5.41) is 3.64. The van der Waals surface area contributed by atoms with Gasteiger partial charge in [-0.3, -0.25) is 0 Å². The van der Waals surface area contributed by atoms with E-state index in [1.54, 1.807) is 0 Å². The standard InChI is InChI=1S/C13H19N/c1-10(2)14-13-9-5-7-11-6-3-4-8-12(11)13/h3-4,6,8,10,13-14H,5,7,9H2,1-2H3. The lowest BCUT2D eigenvalue weighted by Crippen LogP contribution is -2.30. The Kier molecular flexibility index (Phi) is 2.87. The van der Waals surface area contributed by atoms with Gasteiger partial charge in [0.05, 0.1) is 0 Å². The molecule has 1 unspecified atom stereocenters. The minimum Gasteiger partial charge on any atom is -0.308 e. The summed E-state index contributed by atoms with van der Waals surface area (Å²) in [6.45, 7) is 4.44. The molecule has 1 heteroatoms. The van der Waals surface area contributed by atoms with Crippen molar-refractivity contribution in [3.8, 4) is 0 Å². The first-order valence-electron chi connectivity index (χ1n) is 5.61. The minimum absolute atomic E-state index is 0.575. The molecule has 0 heterocycles. The normalized spacial score (nSPS) is 20.9. The van der Waals surface area contributed by atoms with Crippen LogP contribution in [0.3, 0.4) is 0 Å². The summed E-state index contributed by atoms with van der Waals surface area (Å²) in [6, 6.07) is 10.00. The molecule has 2 rings (SSSR count). The second kappa shape index (κ2) is 4.14. The summed E-state index contributed by atoms with van der Waals surface area (Å²) >= 11 is 0. The Morgan fingerprint density at radius 1 is 1.29 bits per heavy atom. The van der Waals surface area contributed by atoms with E-state index in [0.717, 1.165) is 0 Å². The second-order valence-corrected chi connectivity index (χ2v) is 4.46. The van der Waals surface area contributed by atoms with Crippen molar-refractivity contribution in [3.05, 3.63) is 35.4 Å². The van der Waals surface area contributed by atoms with Crippen LogP contribution < -0.4 is 5.32 Å². The highest BCUT2D eigenvalue weighted by atomic mass is 14.9. The molecule has 76 valence electrons. The molecular formula is C13H19N. The van der Waals surface area contributed by atoms with Gasteiger partial charge in [0.25, 0.3) is 0 Å². The molecule has 1 nitrogen and oxygen atoms in total. The molecule has 1 aromatic rings. The fourth-order valence-corrected chi connectivity index (χ4v) is 2.33. The van der Waals surface area contributed by atoms with E-state index in [0.29, 0.717) is 12.1 Å². The summed E-state index contributed by atoms with van der Waals surface area (Å²) in [5.74, 6) is 0. The predicted octanol–water partition coefficient (Wildman–Crippen LogP) is 3.06. The fourth-order valence-electron chi connectivity index (χ4n) is 2.33. The Hall–Kier alpha value is -0.820. The van der Waals surface area contributed by atoms with E-state index < -0.39 is 0 Å². The third-order valence-corrected chi connectivity index (χ3v) is 2.90. The van der Waals surface area contributed by atoms with Gasteiger partial charge in [-0.25, -0.2) is 0 Å². The lowest BCUT2D eigenvalue weighted by atomic mass is 9.87. The number of aryl methyl sites for hydroxylation is 1. The third kappa shape index (κ3) is 1.98. The van der Waals surface area contributed by atoms with Crippen molar-refractivity contribution >= 4 is 0 Å². The van der Waals surface area contributed by atoms with Crippen LogP contribution in [0.25, 0.3) is 0 Å². The molecule has 0 saturated heterocycles. The van der Waals surface area contributed by atoms with Crippen molar-refractivity contribution in [3.63, 3.8) is 0 Å². The molecule has 0 spiro atoms. The van der Waals surface area contributed by atoms with Crippen molar-refractivity contribution in [2.45, 2.75) is 45.2 Å². The summed E-state index contributed by atoms with van der Waals surface area (Å²) in [7, 11) is 0. The topological polar surface area (TPSA) is 12.0 Å². The largest absolute Gasteiger partial charge is 0.308 e. The first kappa shape index (κ1) is 9.72. The zero-order valence-corrected chi connectivity index (χ0v) is 9.09. The number of fused-ring (bicyclic) bond motifs is 1. The highest BCUT2D eigenvalue weighted by Crippen LogP contribution is 2.29. The smallest absolute Gasteiger partial charge is 0.0325 e. The molecule has 1 aromatic carbocycles. The first-order chi connectivity index (χ1) is 6.77. The van der Waals surface area contributed by atoms with Crippen molar-refractivity contribution in [2.24, 2.45) is 0 Å². The van der Waals surface area contributed by atoms with Crippen LogP contribution in [0, 0.1) is 0 Å². The lowest BCUT2D eigenvalue weighted by molar-refractivity contribution is 0.423. The van der Waals surface area contributed by atoms with Gasteiger partial charge in [-0.05, 0) is 30.4 Å². The molecule has 1 aliphatic carbocycles. The van der Waals surface area contributed by atoms with E-state index in [4.69, 9.17) is 0 Å². The molecule has 14 heavy (non-hydrogen) atoms. The van der Waals surface area contributed by atoms with Crippen molar-refractivity contribution < 1.29 is 0 Å². The van der Waals surface area contributed by atoms with E-state index in [-0.39, 0.29) is 0 Å². The van der Waals surface area contributed by atoms with Gasteiger partial charge in [0, 0.05) is 12.1 Å². The van der Waals surface area contributed by atoms with E-state index in [1.165, 1.54) is 30.4 Å². The Morgan fingerprint density at radius 3 is 2.86 bits per heavy atom. The van der Waals surface area contributed by atoms with Crippen LogP contribution in [-0.2, 0) is 6.42 Å². The SMILES string of the molecule is CC(C)NC1CCCc2ccccc21. The number of hydrogen-bond donors (Lipinski definition) is 1. The van der Waals surface area contributed by atoms with Crippen molar-refractivity contribution in [1.29, 1.82) is 0 Å². The molecule has 1 aliphatic rings. The molecule has 0 amide bonds. The first-order valence-corrected chi connectivity index (χ1v) is 5.61. The average Bonchev–Trinajstić information content (AvgIpc) is 2.18. The van der Waals surface area contributed by atoms with Gasteiger partial charge in [-0.2, -0.15) is 0 Å². The molecule has 0 saturated carbocycles. The highest BCUT2D eigenvalue weighted by molar-refractivity contribution is 5.32. The quantitative estimate of drug-likeness (QED) is 0.754. The second-order valence-electron chi connectivity index (χ2n) is 4.46. The van der Waals surface area contributed by atoms with Crippen LogP contribution in [0.5, 0.6) is 0 Å². The molecule has 1 atom stereocenters. The highest BCUT2D eigenvalue weighted by Gasteiger charge is 2.19. The maximum atomic E-state index is 3.64. The predicted molar refractivity (Wildman–Crippen MR) is 60.4 cm³/mol. The zero-order chi connectivity index (χ0) is 9.97. The Balaban J connectivity index is 2.22. The zero-order valence-electron chi connectivity index (χ0n) is 9.09. The van der Waals surface area contributed by atoms with E-state index >= 15 is 0 Å². The molecule has 0 bridgehead atoms. The van der Waals surface area contributed by atoms with Gasteiger partial charge < -0.3 is 5.32 Å². The van der Waals surface area contributed by atoms with Gasteiger partial charge in [0.1, 0.15) is 0 Å². The molecule has 0 radical (unpaired) electrons. The van der Waals surface area contributed by atoms with Gasteiger partial charge in [0.2, 0.25) is 0 Å². The van der Waals surface area contributed by atoms with Gasteiger partial charge in [0.15, 0.2) is 0 Å². The van der Waals surface area contributed by atoms with Crippen molar-refractivity contribution in [2.75, 3.05) is 0 Å². The molecule has 0 fully saturated rings. The van der Waals surface area contributed by atoms with Gasteiger partial charge in [-0.1, -0.05) is 38.1 Å². The van der Waals surface area contributed by atoms with Crippen LogP contribution in [0.2, 0.25) is 0 Å². The number of benzene rings is 1. The van der Waals surface area contributed by atoms with Crippen LogP contribution in [0.4, 0.5) is 0 Å². The van der Waals surface area contributed by atoms with Crippen LogP contribution in [-0.4, -0.2) is 6.04 Å². The molecule has 0 aliphatic heterocycles. The average molecular weight is 189 g/mol. The molecule has 0 aromatic heterocycles. The Morgan fingerprint density at radius 2 is 2.07 bits per heavy atom. The van der Waals surface area contributed by atoms with Crippen molar-refractivity contribution in [1.82, 2.24) is 5.32 Å². The Labute approximate surface area is 86.5 Å². The third-order valence-electron chi connectivity index (χ3n) is 2.90. The Bertz CT molecular complexity index is 304. The van der Waals surface area contributed by atoms with Gasteiger partial charge in [-0.15, -0.1) is 0 Å². The van der Waals surface area contributed by atoms with E-state index in [9.17, 15) is 0 Å². The fraction of sp³-hybridized carbons (Fsp3) is 0.538. The number of nitrogens with one attached hydrogen (secondary N) is 1. The maximum Gasteiger partial charge on any atom is 0.0325 e. The minimum atomic E-state index is 0.575. The number of hydrogen-bond acceptors (Lipinski definition) is 1. The summed E-state index contributed by atoms with van der Waals surface area (Å²) in [5.41, 5.74) is 3.06. The van der Waals surface area contributed by atoms with Crippen LogP contribution >= 0.6 is 0 Å². The monoisotopic (exact) mass is 189 g/mol. The van der Waals surface area contributed by atoms with Crippen LogP contribution in [0.1, 0.15) is 43.9 Å².